The summed E-state index contributed by atoms with van der Waals surface area (Å²) in [6, 6.07) is 0.493. The Bertz CT molecular complexity index is 323. The number of hydrogen-bond acceptors (Lipinski definition) is 5. The molecule has 5 heteroatoms. The molecule has 15 heavy (non-hydrogen) atoms. The molecular weight excluding hydrogens is 192 g/mol. The van der Waals surface area contributed by atoms with E-state index in [0.29, 0.717) is 11.9 Å². The summed E-state index contributed by atoms with van der Waals surface area (Å²) < 4.78 is 5.01. The Hall–Kier alpha value is -0.940. The van der Waals surface area contributed by atoms with Crippen molar-refractivity contribution in [2.75, 3.05) is 13.1 Å². The van der Waals surface area contributed by atoms with Crippen LogP contribution in [0.3, 0.4) is 0 Å². The fourth-order valence-corrected chi connectivity index (χ4v) is 2.16. The van der Waals surface area contributed by atoms with Crippen LogP contribution in [0.2, 0.25) is 0 Å². The van der Waals surface area contributed by atoms with Gasteiger partial charge in [-0.2, -0.15) is 4.98 Å². The van der Waals surface area contributed by atoms with Crippen molar-refractivity contribution in [2.45, 2.75) is 38.8 Å². The molecular formula is C10H18N4O. The third-order valence-electron chi connectivity index (χ3n) is 2.73. The summed E-state index contributed by atoms with van der Waals surface area (Å²) in [6.45, 7) is 5.83. The molecule has 5 nitrogen and oxygen atoms in total. The van der Waals surface area contributed by atoms with Gasteiger partial charge in [-0.1, -0.05) is 5.16 Å². The fourth-order valence-electron chi connectivity index (χ4n) is 2.16. The zero-order chi connectivity index (χ0) is 10.8. The number of hydrogen-bond donors (Lipinski definition) is 1. The van der Waals surface area contributed by atoms with Crippen LogP contribution in [0.15, 0.2) is 4.52 Å². The minimum absolute atomic E-state index is 0.193. The average Bonchev–Trinajstić information content (AvgIpc) is 2.72. The largest absolute Gasteiger partial charge is 0.340 e. The van der Waals surface area contributed by atoms with Crippen molar-refractivity contribution >= 4 is 0 Å². The molecule has 0 bridgehead atoms. The van der Waals surface area contributed by atoms with E-state index in [1.165, 1.54) is 6.42 Å². The van der Waals surface area contributed by atoms with Crippen molar-refractivity contribution in [3.05, 3.63) is 11.7 Å². The number of aryl methyl sites for hydroxylation is 1. The summed E-state index contributed by atoms with van der Waals surface area (Å²) in [7, 11) is 0. The number of rotatable bonds is 3. The SMILES string of the molecule is Cc1nc(C2CCCN2CC(C)N)no1. The van der Waals surface area contributed by atoms with E-state index < -0.39 is 0 Å². The monoisotopic (exact) mass is 210 g/mol. The van der Waals surface area contributed by atoms with Gasteiger partial charge in [0, 0.05) is 19.5 Å². The lowest BCUT2D eigenvalue weighted by Crippen LogP contribution is -2.35. The second kappa shape index (κ2) is 4.28. The highest BCUT2D eigenvalue weighted by Crippen LogP contribution is 2.29. The second-order valence-electron chi connectivity index (χ2n) is 4.30. The summed E-state index contributed by atoms with van der Waals surface area (Å²) in [6.07, 6.45) is 2.29. The van der Waals surface area contributed by atoms with E-state index >= 15 is 0 Å². The Labute approximate surface area is 89.6 Å². The van der Waals surface area contributed by atoms with E-state index in [-0.39, 0.29) is 6.04 Å². The quantitative estimate of drug-likeness (QED) is 0.801. The van der Waals surface area contributed by atoms with Gasteiger partial charge in [0.1, 0.15) is 0 Å². The van der Waals surface area contributed by atoms with Crippen LogP contribution in [0.25, 0.3) is 0 Å². The Kier molecular flexibility index (Phi) is 3.02. The first-order valence-electron chi connectivity index (χ1n) is 5.46. The molecule has 0 amide bonds. The first-order valence-corrected chi connectivity index (χ1v) is 5.46. The Balaban J connectivity index is 2.07. The Morgan fingerprint density at radius 3 is 3.07 bits per heavy atom. The van der Waals surface area contributed by atoms with Gasteiger partial charge in [0.2, 0.25) is 5.89 Å². The maximum atomic E-state index is 5.81. The van der Waals surface area contributed by atoms with Gasteiger partial charge in [0.05, 0.1) is 6.04 Å². The van der Waals surface area contributed by atoms with Crippen molar-refractivity contribution in [3.8, 4) is 0 Å². The summed E-state index contributed by atoms with van der Waals surface area (Å²) in [5, 5.41) is 3.99. The molecule has 0 aliphatic carbocycles. The molecule has 1 saturated heterocycles. The minimum atomic E-state index is 0.193. The van der Waals surface area contributed by atoms with Crippen LogP contribution in [0.1, 0.15) is 37.5 Å². The van der Waals surface area contributed by atoms with E-state index in [9.17, 15) is 0 Å². The van der Waals surface area contributed by atoms with E-state index in [1.807, 2.05) is 13.8 Å². The molecule has 2 heterocycles. The van der Waals surface area contributed by atoms with Gasteiger partial charge in [-0.05, 0) is 26.3 Å². The molecule has 1 aromatic heterocycles. The standard InChI is InChI=1S/C10H18N4O/c1-7(11)6-14-5-3-4-9(14)10-12-8(2)15-13-10/h7,9H,3-6,11H2,1-2H3. The fraction of sp³-hybridized carbons (Fsp3) is 0.800. The van der Waals surface area contributed by atoms with E-state index in [0.717, 1.165) is 25.3 Å². The van der Waals surface area contributed by atoms with Crippen molar-refractivity contribution in [1.29, 1.82) is 0 Å². The minimum Gasteiger partial charge on any atom is -0.340 e. The van der Waals surface area contributed by atoms with Crippen molar-refractivity contribution in [3.63, 3.8) is 0 Å². The average molecular weight is 210 g/mol. The molecule has 2 rings (SSSR count). The van der Waals surface area contributed by atoms with Gasteiger partial charge in [-0.15, -0.1) is 0 Å². The molecule has 1 fully saturated rings. The molecule has 0 spiro atoms. The van der Waals surface area contributed by atoms with Crippen LogP contribution in [0.4, 0.5) is 0 Å². The topological polar surface area (TPSA) is 68.2 Å². The lowest BCUT2D eigenvalue weighted by molar-refractivity contribution is 0.232. The normalized spacial score (nSPS) is 24.6. The third-order valence-corrected chi connectivity index (χ3v) is 2.73. The highest BCUT2D eigenvalue weighted by molar-refractivity contribution is 4.97. The number of nitrogens with two attached hydrogens (primary N) is 1. The highest BCUT2D eigenvalue weighted by Gasteiger charge is 2.29. The third kappa shape index (κ3) is 2.35. The molecule has 2 atom stereocenters. The molecule has 0 saturated carbocycles. The van der Waals surface area contributed by atoms with Crippen LogP contribution in [-0.4, -0.2) is 34.2 Å². The maximum Gasteiger partial charge on any atom is 0.223 e. The zero-order valence-electron chi connectivity index (χ0n) is 9.31. The van der Waals surface area contributed by atoms with Crippen LogP contribution < -0.4 is 5.73 Å². The van der Waals surface area contributed by atoms with Gasteiger partial charge in [-0.3, -0.25) is 4.90 Å². The van der Waals surface area contributed by atoms with Crippen LogP contribution in [0.5, 0.6) is 0 Å². The molecule has 2 N–H and O–H groups in total. The van der Waals surface area contributed by atoms with Gasteiger partial charge in [0.15, 0.2) is 5.82 Å². The summed E-state index contributed by atoms with van der Waals surface area (Å²) in [5.41, 5.74) is 5.81. The van der Waals surface area contributed by atoms with Crippen molar-refractivity contribution < 1.29 is 4.52 Å². The number of likely N-dealkylation sites (tertiary alicyclic amines) is 1. The van der Waals surface area contributed by atoms with Crippen molar-refractivity contribution in [2.24, 2.45) is 5.73 Å². The van der Waals surface area contributed by atoms with Gasteiger partial charge in [-0.25, -0.2) is 0 Å². The van der Waals surface area contributed by atoms with Gasteiger partial charge >= 0.3 is 0 Å². The Morgan fingerprint density at radius 2 is 2.47 bits per heavy atom. The van der Waals surface area contributed by atoms with Gasteiger partial charge in [0.25, 0.3) is 0 Å². The predicted octanol–water partition coefficient (Wildman–Crippen LogP) is 0.862. The van der Waals surface area contributed by atoms with Gasteiger partial charge < -0.3 is 10.3 Å². The first kappa shape index (κ1) is 10.6. The first-order chi connectivity index (χ1) is 7.16. The molecule has 84 valence electrons. The number of aromatic nitrogens is 2. The maximum absolute atomic E-state index is 5.81. The van der Waals surface area contributed by atoms with Crippen LogP contribution in [0, 0.1) is 6.92 Å². The highest BCUT2D eigenvalue weighted by atomic mass is 16.5. The molecule has 2 unspecified atom stereocenters. The lowest BCUT2D eigenvalue weighted by atomic mass is 10.2. The molecule has 0 aromatic carbocycles. The lowest BCUT2D eigenvalue weighted by Gasteiger charge is -2.23. The summed E-state index contributed by atoms with van der Waals surface area (Å²) in [4.78, 5) is 6.63. The molecule has 1 aliphatic heterocycles. The van der Waals surface area contributed by atoms with Crippen LogP contribution >= 0.6 is 0 Å². The summed E-state index contributed by atoms with van der Waals surface area (Å²) >= 11 is 0. The summed E-state index contributed by atoms with van der Waals surface area (Å²) in [5.74, 6) is 1.45. The van der Waals surface area contributed by atoms with E-state index in [1.54, 1.807) is 0 Å². The molecule has 0 radical (unpaired) electrons. The zero-order valence-corrected chi connectivity index (χ0v) is 9.31. The Morgan fingerprint density at radius 1 is 1.67 bits per heavy atom. The van der Waals surface area contributed by atoms with E-state index in [4.69, 9.17) is 10.3 Å². The molecule has 1 aromatic rings. The predicted molar refractivity (Wildman–Crippen MR) is 56.2 cm³/mol. The smallest absolute Gasteiger partial charge is 0.223 e. The molecule has 1 aliphatic rings. The second-order valence-corrected chi connectivity index (χ2v) is 4.30. The van der Waals surface area contributed by atoms with Crippen LogP contribution in [-0.2, 0) is 0 Å². The van der Waals surface area contributed by atoms with Crippen molar-refractivity contribution in [1.82, 2.24) is 15.0 Å². The number of nitrogens with zero attached hydrogens (tertiary/aromatic N) is 3. The van der Waals surface area contributed by atoms with E-state index in [2.05, 4.69) is 15.0 Å².